The minimum atomic E-state index is -1.09. The Morgan fingerprint density at radius 3 is 2.64 bits per heavy atom. The third kappa shape index (κ3) is 6.21. The number of carbonyl (C=O) groups excluding carboxylic acids is 1. The zero-order valence-electron chi connectivity index (χ0n) is 13.2. The smallest absolute Gasteiger partial charge is 0.414 e. The van der Waals surface area contributed by atoms with E-state index in [1.165, 1.54) is 0 Å². The Hall–Kier alpha value is -1.96. The van der Waals surface area contributed by atoms with Gasteiger partial charge in [-0.25, -0.2) is 9.59 Å². The summed E-state index contributed by atoms with van der Waals surface area (Å²) in [6.45, 7) is 7.27. The van der Waals surface area contributed by atoms with Gasteiger partial charge in [0.1, 0.15) is 11.2 Å². The highest BCUT2D eigenvalue weighted by Gasteiger charge is 2.20. The second-order valence-corrected chi connectivity index (χ2v) is 6.37. The summed E-state index contributed by atoms with van der Waals surface area (Å²) >= 11 is 0.912. The largest absolute Gasteiger partial charge is 0.478 e. The number of ether oxygens (including phenoxy) is 1. The van der Waals surface area contributed by atoms with Crippen molar-refractivity contribution < 1.29 is 19.4 Å². The van der Waals surface area contributed by atoms with Crippen LogP contribution in [-0.4, -0.2) is 32.1 Å². The highest BCUT2D eigenvalue weighted by Crippen LogP contribution is 2.20. The van der Waals surface area contributed by atoms with E-state index in [1.54, 1.807) is 26.8 Å². The van der Waals surface area contributed by atoms with Crippen molar-refractivity contribution in [2.45, 2.75) is 52.6 Å². The van der Waals surface area contributed by atoms with Crippen molar-refractivity contribution in [3.05, 3.63) is 11.9 Å². The number of anilines is 1. The number of hydrogen-bond donors (Lipinski definition) is 2. The number of unbranched alkanes of at least 4 members (excludes halogenated alkanes) is 2. The zero-order chi connectivity index (χ0) is 16.8. The molecule has 0 aliphatic carbocycles. The first-order valence-corrected chi connectivity index (χ1v) is 7.78. The van der Waals surface area contributed by atoms with Gasteiger partial charge in [0.05, 0.1) is 0 Å². The molecule has 1 aromatic rings. The Balaban J connectivity index is 2.78. The molecule has 122 valence electrons. The van der Waals surface area contributed by atoms with Crippen LogP contribution in [0.25, 0.3) is 5.57 Å². The van der Waals surface area contributed by atoms with Gasteiger partial charge in [0.15, 0.2) is 5.82 Å². The quantitative estimate of drug-likeness (QED) is 0.612. The number of aromatic nitrogens is 2. The number of rotatable bonds is 6. The molecule has 0 spiro atoms. The number of nitrogens with zero attached hydrogens (tertiary/aromatic N) is 2. The summed E-state index contributed by atoms with van der Waals surface area (Å²) in [5.74, 6) is -0.989. The van der Waals surface area contributed by atoms with Crippen LogP contribution in [0.4, 0.5) is 9.93 Å². The molecule has 0 unspecified atom stereocenters. The fourth-order valence-corrected chi connectivity index (χ4v) is 2.07. The number of amides is 1. The summed E-state index contributed by atoms with van der Waals surface area (Å²) < 4.78 is 9.07. The van der Waals surface area contributed by atoms with E-state index >= 15 is 0 Å². The van der Waals surface area contributed by atoms with Gasteiger partial charge < -0.3 is 9.84 Å². The Bertz CT molecular complexity index is 561. The Labute approximate surface area is 133 Å². The van der Waals surface area contributed by atoms with E-state index in [9.17, 15) is 14.7 Å². The van der Waals surface area contributed by atoms with Crippen LogP contribution in [0.5, 0.6) is 0 Å². The summed E-state index contributed by atoms with van der Waals surface area (Å²) in [5.41, 5.74) is -0.578. The van der Waals surface area contributed by atoms with Gasteiger partial charge in [-0.15, -0.1) is 0 Å². The number of hydrogen-bond acceptors (Lipinski definition) is 6. The van der Waals surface area contributed by atoms with Gasteiger partial charge in [0.25, 0.3) is 0 Å². The highest BCUT2D eigenvalue weighted by molar-refractivity contribution is 7.10. The normalized spacial score (nSPS) is 12.1. The molecule has 1 amide bonds. The molecule has 1 heterocycles. The van der Waals surface area contributed by atoms with E-state index < -0.39 is 17.7 Å². The van der Waals surface area contributed by atoms with Crippen molar-refractivity contribution in [1.82, 2.24) is 9.36 Å². The van der Waals surface area contributed by atoms with E-state index in [0.717, 1.165) is 24.4 Å². The van der Waals surface area contributed by atoms with Crippen LogP contribution < -0.4 is 5.32 Å². The van der Waals surface area contributed by atoms with E-state index in [1.807, 2.05) is 6.92 Å². The maximum absolute atomic E-state index is 11.6. The lowest BCUT2D eigenvalue weighted by atomic mass is 10.1. The Morgan fingerprint density at radius 1 is 1.41 bits per heavy atom. The molecule has 2 N–H and O–H groups in total. The molecule has 0 aromatic carbocycles. The summed E-state index contributed by atoms with van der Waals surface area (Å²) in [4.78, 5) is 26.9. The molecule has 0 bridgehead atoms. The number of carbonyl (C=O) groups is 2. The minimum absolute atomic E-state index is 0.0435. The molecule has 1 aromatic heterocycles. The average Bonchev–Trinajstić information content (AvgIpc) is 2.79. The molecule has 0 aliphatic heterocycles. The number of aliphatic carboxylic acids is 1. The van der Waals surface area contributed by atoms with Gasteiger partial charge in [-0.2, -0.15) is 9.36 Å². The van der Waals surface area contributed by atoms with Gasteiger partial charge >= 0.3 is 12.1 Å². The van der Waals surface area contributed by atoms with Crippen molar-refractivity contribution >= 4 is 34.3 Å². The predicted octanol–water partition coefficient (Wildman–Crippen LogP) is 3.54. The molecular formula is C14H21N3O4S. The van der Waals surface area contributed by atoms with E-state index in [0.29, 0.717) is 6.42 Å². The summed E-state index contributed by atoms with van der Waals surface area (Å²) in [6, 6.07) is 0. The topological polar surface area (TPSA) is 101 Å². The minimum Gasteiger partial charge on any atom is -0.478 e. The molecule has 0 fully saturated rings. The molecule has 1 rings (SSSR count). The summed E-state index contributed by atoms with van der Waals surface area (Å²) in [5, 5.41) is 11.9. The van der Waals surface area contributed by atoms with Crippen molar-refractivity contribution in [2.24, 2.45) is 0 Å². The predicted molar refractivity (Wildman–Crippen MR) is 84.9 cm³/mol. The second-order valence-electron chi connectivity index (χ2n) is 5.62. The molecular weight excluding hydrogens is 306 g/mol. The van der Waals surface area contributed by atoms with Crippen molar-refractivity contribution in [1.29, 1.82) is 0 Å². The third-order valence-corrected chi connectivity index (χ3v) is 3.04. The molecule has 22 heavy (non-hydrogen) atoms. The molecule has 7 nitrogen and oxygen atoms in total. The number of carboxylic acids is 1. The van der Waals surface area contributed by atoms with Crippen LogP contribution in [-0.2, 0) is 9.53 Å². The van der Waals surface area contributed by atoms with Crippen LogP contribution in [0, 0.1) is 0 Å². The van der Waals surface area contributed by atoms with E-state index in [4.69, 9.17) is 4.74 Å². The van der Waals surface area contributed by atoms with E-state index in [2.05, 4.69) is 14.7 Å². The highest BCUT2D eigenvalue weighted by atomic mass is 32.1. The summed E-state index contributed by atoms with van der Waals surface area (Å²) in [7, 11) is 0. The third-order valence-electron chi connectivity index (χ3n) is 2.41. The van der Waals surface area contributed by atoms with Crippen LogP contribution in [0.1, 0.15) is 52.8 Å². The molecule has 0 saturated heterocycles. The van der Waals surface area contributed by atoms with Crippen LogP contribution in [0.15, 0.2) is 6.08 Å². The Morgan fingerprint density at radius 2 is 2.09 bits per heavy atom. The zero-order valence-corrected chi connectivity index (χ0v) is 14.0. The monoisotopic (exact) mass is 327 g/mol. The fraction of sp³-hybridized carbons (Fsp3) is 0.571. The Kier molecular flexibility index (Phi) is 6.48. The van der Waals surface area contributed by atoms with Crippen molar-refractivity contribution in [3.63, 3.8) is 0 Å². The summed E-state index contributed by atoms with van der Waals surface area (Å²) in [6.07, 6.45) is 3.46. The lowest BCUT2D eigenvalue weighted by Crippen LogP contribution is -2.27. The number of allylic oxidation sites excluding steroid dienone is 1. The lowest BCUT2D eigenvalue weighted by molar-refractivity contribution is -0.130. The maximum atomic E-state index is 11.6. The van der Waals surface area contributed by atoms with Crippen LogP contribution >= 0.6 is 11.5 Å². The van der Waals surface area contributed by atoms with Gasteiger partial charge in [0, 0.05) is 11.5 Å². The van der Waals surface area contributed by atoms with Gasteiger partial charge in [-0.1, -0.05) is 25.8 Å². The molecule has 0 saturated carbocycles. The number of nitrogens with one attached hydrogen (secondary N) is 1. The standard InChI is InChI=1S/C14H21N3O4S/c1-5-6-7-8-9(11(18)19)10-15-12(22-17-10)16-13(20)21-14(2,3)4/h8H,5-7H2,1-4H3,(H,18,19)(H,15,16,17,20)/b9-8-. The molecule has 0 radical (unpaired) electrons. The molecule has 8 heteroatoms. The fourth-order valence-electron chi connectivity index (χ4n) is 1.50. The van der Waals surface area contributed by atoms with Crippen molar-refractivity contribution in [3.8, 4) is 0 Å². The van der Waals surface area contributed by atoms with Crippen LogP contribution in [0.3, 0.4) is 0 Å². The molecule has 0 aliphatic rings. The van der Waals surface area contributed by atoms with E-state index in [-0.39, 0.29) is 16.5 Å². The average molecular weight is 327 g/mol. The first-order chi connectivity index (χ1) is 10.2. The van der Waals surface area contributed by atoms with Gasteiger partial charge in [-0.05, 0) is 27.2 Å². The van der Waals surface area contributed by atoms with Crippen molar-refractivity contribution in [2.75, 3.05) is 5.32 Å². The SMILES string of the molecule is CCCC/C=C(\C(=O)O)c1nsc(NC(=O)OC(C)(C)C)n1. The first-order valence-electron chi connectivity index (χ1n) is 7.00. The number of carboxylic acid groups (broad SMARTS) is 1. The van der Waals surface area contributed by atoms with Gasteiger partial charge in [0.2, 0.25) is 5.13 Å². The molecule has 0 atom stereocenters. The first kappa shape index (κ1) is 18.1. The maximum Gasteiger partial charge on any atom is 0.414 e. The van der Waals surface area contributed by atoms with Crippen LogP contribution in [0.2, 0.25) is 0 Å². The lowest BCUT2D eigenvalue weighted by Gasteiger charge is -2.18. The second kappa shape index (κ2) is 7.88. The van der Waals surface area contributed by atoms with Gasteiger partial charge in [-0.3, -0.25) is 5.32 Å².